The number of amides is 1. The number of carboxylic acids is 1. The molecule has 0 aliphatic heterocycles. The summed E-state index contributed by atoms with van der Waals surface area (Å²) in [5.74, 6) is -3.63. The lowest BCUT2D eigenvalue weighted by molar-refractivity contribution is -0.164. The second kappa shape index (κ2) is 10.3. The van der Waals surface area contributed by atoms with Crippen molar-refractivity contribution in [2.75, 3.05) is 0 Å². The van der Waals surface area contributed by atoms with E-state index in [9.17, 15) is 41.5 Å². The summed E-state index contributed by atoms with van der Waals surface area (Å²) in [7, 11) is -4.78. The first-order chi connectivity index (χ1) is 19.7. The Bertz CT molecular complexity index is 1580. The van der Waals surface area contributed by atoms with Gasteiger partial charge in [0.25, 0.3) is 0 Å². The molecule has 0 saturated heterocycles. The molecular weight excluding hydrogens is 575 g/mol. The minimum absolute atomic E-state index is 0.138. The van der Waals surface area contributed by atoms with E-state index in [-0.39, 0.29) is 18.1 Å². The van der Waals surface area contributed by atoms with Gasteiger partial charge in [0.1, 0.15) is 10.8 Å². The topological polar surface area (TPSA) is 160 Å². The quantitative estimate of drug-likeness (QED) is 0.447. The molecule has 0 spiro atoms. The molecule has 1 amide bonds. The van der Waals surface area contributed by atoms with Crippen molar-refractivity contribution in [1.29, 1.82) is 5.26 Å². The molecule has 0 bridgehead atoms. The number of carbonyl (C=O) groups excluding carboxylic acids is 1. The number of ether oxygens (including phenoxy) is 1. The van der Waals surface area contributed by atoms with Crippen LogP contribution in [-0.4, -0.2) is 47.8 Å². The van der Waals surface area contributed by atoms with Gasteiger partial charge in [-0.3, -0.25) is 14.6 Å². The summed E-state index contributed by atoms with van der Waals surface area (Å²) in [6, 6.07) is 7.84. The summed E-state index contributed by atoms with van der Waals surface area (Å²) >= 11 is 0. The molecule has 2 aromatic rings. The SMILES string of the molecule is Cc1cc(-c2ccc(S(=O)(=O)[C@H]3C[C@@H](OC4CCCC4)[C@](C(=O)O)(C4CC4(C#N)C(N)=O)C3)c(C(F)(F)F)c2)ccn1. The summed E-state index contributed by atoms with van der Waals surface area (Å²) in [4.78, 5) is 28.3. The number of rotatable bonds is 8. The van der Waals surface area contributed by atoms with Crippen LogP contribution in [0, 0.1) is 35.0 Å². The van der Waals surface area contributed by atoms with Gasteiger partial charge < -0.3 is 15.6 Å². The lowest BCUT2D eigenvalue weighted by Crippen LogP contribution is -2.46. The summed E-state index contributed by atoms with van der Waals surface area (Å²) in [6.45, 7) is 1.67. The smallest absolute Gasteiger partial charge is 0.417 e. The molecule has 5 atom stereocenters. The lowest BCUT2D eigenvalue weighted by atomic mass is 9.75. The molecule has 3 aliphatic carbocycles. The van der Waals surface area contributed by atoms with Gasteiger partial charge in [-0.25, -0.2) is 8.42 Å². The van der Waals surface area contributed by atoms with Crippen LogP contribution in [-0.2, 0) is 30.3 Å². The minimum Gasteiger partial charge on any atom is -0.481 e. The maximum atomic E-state index is 14.4. The number of aliphatic carboxylic acids is 1. The largest absolute Gasteiger partial charge is 0.481 e. The van der Waals surface area contributed by atoms with E-state index < -0.39 is 79.3 Å². The van der Waals surface area contributed by atoms with Crippen LogP contribution >= 0.6 is 0 Å². The highest BCUT2D eigenvalue weighted by Crippen LogP contribution is 2.67. The third kappa shape index (κ3) is 4.84. The number of carbonyl (C=O) groups is 2. The molecule has 1 aromatic carbocycles. The second-order valence-corrected chi connectivity index (χ2v) is 13.8. The average Bonchev–Trinajstić information content (AvgIpc) is 3.24. The first-order valence-electron chi connectivity index (χ1n) is 13.6. The van der Waals surface area contributed by atoms with Gasteiger partial charge in [0.05, 0.1) is 34.0 Å². The Hall–Kier alpha value is -3.50. The predicted molar refractivity (Wildman–Crippen MR) is 142 cm³/mol. The van der Waals surface area contributed by atoms with Crippen molar-refractivity contribution >= 4 is 21.7 Å². The van der Waals surface area contributed by atoms with Crippen molar-refractivity contribution in [3.05, 3.63) is 47.8 Å². The molecule has 2 unspecified atom stereocenters. The van der Waals surface area contributed by atoms with Crippen LogP contribution < -0.4 is 5.73 Å². The minimum atomic E-state index is -5.04. The molecule has 1 aromatic heterocycles. The molecular formula is C29H30F3N3O6S. The number of benzene rings is 1. The van der Waals surface area contributed by atoms with Crippen LogP contribution in [0.1, 0.15) is 56.2 Å². The Balaban J connectivity index is 1.59. The highest BCUT2D eigenvalue weighted by molar-refractivity contribution is 7.92. The number of aromatic nitrogens is 1. The second-order valence-electron chi connectivity index (χ2n) is 11.6. The summed E-state index contributed by atoms with van der Waals surface area (Å²) in [5, 5.41) is 18.7. The van der Waals surface area contributed by atoms with Gasteiger partial charge in [-0.05, 0) is 74.4 Å². The third-order valence-electron chi connectivity index (χ3n) is 9.16. The van der Waals surface area contributed by atoms with Crippen molar-refractivity contribution < 1.29 is 41.0 Å². The summed E-state index contributed by atoms with van der Waals surface area (Å²) in [5.41, 5.74) is 1.40. The number of hydrogen-bond acceptors (Lipinski definition) is 7. The van der Waals surface area contributed by atoms with E-state index in [1.54, 1.807) is 13.0 Å². The molecule has 1 heterocycles. The molecule has 3 fully saturated rings. The van der Waals surface area contributed by atoms with E-state index in [1.807, 2.05) is 6.07 Å². The number of nitriles is 1. The van der Waals surface area contributed by atoms with E-state index >= 15 is 0 Å². The number of nitrogens with two attached hydrogens (primary N) is 1. The number of alkyl halides is 3. The van der Waals surface area contributed by atoms with Crippen LogP contribution in [0.25, 0.3) is 11.1 Å². The zero-order chi connectivity index (χ0) is 30.7. The van der Waals surface area contributed by atoms with Crippen LogP contribution in [0.2, 0.25) is 0 Å². The third-order valence-corrected chi connectivity index (χ3v) is 11.4. The highest BCUT2D eigenvalue weighted by atomic mass is 32.2. The fraction of sp³-hybridized carbons (Fsp3) is 0.517. The number of sulfone groups is 1. The maximum absolute atomic E-state index is 14.4. The summed E-state index contributed by atoms with van der Waals surface area (Å²) < 4.78 is 77.2. The molecule has 0 radical (unpaired) electrons. The van der Waals surface area contributed by atoms with Crippen molar-refractivity contribution in [2.45, 2.75) is 80.4 Å². The fourth-order valence-electron chi connectivity index (χ4n) is 6.87. The van der Waals surface area contributed by atoms with Gasteiger partial charge in [0.2, 0.25) is 5.91 Å². The molecule has 5 rings (SSSR count). The monoisotopic (exact) mass is 605 g/mol. The van der Waals surface area contributed by atoms with Crippen molar-refractivity contribution in [2.24, 2.45) is 22.5 Å². The molecule has 3 aliphatic rings. The van der Waals surface area contributed by atoms with E-state index in [0.29, 0.717) is 24.1 Å². The Morgan fingerprint density at radius 3 is 2.36 bits per heavy atom. The number of hydrogen-bond donors (Lipinski definition) is 2. The van der Waals surface area contributed by atoms with E-state index in [1.165, 1.54) is 18.3 Å². The van der Waals surface area contributed by atoms with Crippen molar-refractivity contribution in [3.63, 3.8) is 0 Å². The van der Waals surface area contributed by atoms with Gasteiger partial charge >= 0.3 is 12.1 Å². The Kier molecular flexibility index (Phi) is 7.38. The number of aryl methyl sites for hydroxylation is 1. The lowest BCUT2D eigenvalue weighted by Gasteiger charge is -2.34. The van der Waals surface area contributed by atoms with Gasteiger partial charge in [-0.1, -0.05) is 18.9 Å². The molecule has 224 valence electrons. The number of pyridine rings is 1. The molecule has 9 nitrogen and oxygen atoms in total. The van der Waals surface area contributed by atoms with Crippen LogP contribution in [0.3, 0.4) is 0 Å². The zero-order valence-electron chi connectivity index (χ0n) is 22.7. The van der Waals surface area contributed by atoms with Crippen LogP contribution in [0.5, 0.6) is 0 Å². The normalized spacial score (nSPS) is 29.7. The highest BCUT2D eigenvalue weighted by Gasteiger charge is 2.75. The van der Waals surface area contributed by atoms with E-state index in [0.717, 1.165) is 25.0 Å². The fourth-order valence-corrected chi connectivity index (χ4v) is 8.89. The van der Waals surface area contributed by atoms with Gasteiger partial charge in [-0.2, -0.15) is 18.4 Å². The molecule has 13 heteroatoms. The number of primary amides is 1. The number of carboxylic acid groups (broad SMARTS) is 1. The molecule has 3 N–H and O–H groups in total. The Labute approximate surface area is 240 Å². The van der Waals surface area contributed by atoms with E-state index in [4.69, 9.17) is 10.5 Å². The predicted octanol–water partition coefficient (Wildman–Crippen LogP) is 4.43. The Morgan fingerprint density at radius 1 is 1.14 bits per heavy atom. The Morgan fingerprint density at radius 2 is 1.81 bits per heavy atom. The summed E-state index contributed by atoms with van der Waals surface area (Å²) in [6.07, 6.45) is -3.56. The molecule has 42 heavy (non-hydrogen) atoms. The first kappa shape index (κ1) is 30.0. The van der Waals surface area contributed by atoms with E-state index in [2.05, 4.69) is 4.98 Å². The van der Waals surface area contributed by atoms with Gasteiger partial charge in [-0.15, -0.1) is 0 Å². The van der Waals surface area contributed by atoms with Gasteiger partial charge in [0, 0.05) is 17.8 Å². The van der Waals surface area contributed by atoms with Crippen LogP contribution in [0.15, 0.2) is 41.4 Å². The van der Waals surface area contributed by atoms with Crippen molar-refractivity contribution in [1.82, 2.24) is 4.98 Å². The molecule has 3 saturated carbocycles. The van der Waals surface area contributed by atoms with Gasteiger partial charge in [0.15, 0.2) is 9.84 Å². The zero-order valence-corrected chi connectivity index (χ0v) is 23.5. The standard InChI is InChI=1S/C29H30F3N3O6S/c1-16-10-18(8-9-35-16)17-6-7-22(21(11-17)29(30,31)32)42(39,40)20-12-24(41-19-4-2-3-5-19)28(13-20,26(37)38)23-14-27(23,15-33)25(34)36/h6-11,19-20,23-24H,2-5,12-14H2,1H3,(H2,34,36)(H,37,38)/t20-,23?,24+,27?,28+/m0/s1. The maximum Gasteiger partial charge on any atom is 0.417 e. The average molecular weight is 606 g/mol. The number of halogens is 3. The first-order valence-corrected chi connectivity index (χ1v) is 15.2. The number of nitrogens with zero attached hydrogens (tertiary/aromatic N) is 2. The van der Waals surface area contributed by atoms with Crippen LogP contribution in [0.4, 0.5) is 13.2 Å². The van der Waals surface area contributed by atoms with Crippen molar-refractivity contribution in [3.8, 4) is 17.2 Å².